The van der Waals surface area contributed by atoms with Gasteiger partial charge in [0, 0.05) is 24.3 Å². The molecule has 3 atom stereocenters. The van der Waals surface area contributed by atoms with Crippen LogP contribution in [0, 0.1) is 11.8 Å². The lowest BCUT2D eigenvalue weighted by molar-refractivity contribution is -0.117. The van der Waals surface area contributed by atoms with E-state index < -0.39 is 0 Å². The van der Waals surface area contributed by atoms with Gasteiger partial charge >= 0.3 is 0 Å². The molecular formula is C17H24N2O3. The van der Waals surface area contributed by atoms with Gasteiger partial charge in [0.2, 0.25) is 5.91 Å². The van der Waals surface area contributed by atoms with E-state index in [-0.39, 0.29) is 23.8 Å². The van der Waals surface area contributed by atoms with Crippen molar-refractivity contribution in [1.29, 1.82) is 0 Å². The molecule has 0 bridgehead atoms. The summed E-state index contributed by atoms with van der Waals surface area (Å²) in [6.45, 7) is 4.55. The molecule has 5 nitrogen and oxygen atoms in total. The number of nitrogens with one attached hydrogen (secondary N) is 2. The first-order chi connectivity index (χ1) is 10.5. The Balaban J connectivity index is 1.98. The van der Waals surface area contributed by atoms with Crippen LogP contribution in [0.1, 0.15) is 37.0 Å². The average Bonchev–Trinajstić information content (AvgIpc) is 3.24. The number of methoxy groups -OCH3 is 1. The van der Waals surface area contributed by atoms with Gasteiger partial charge in [-0.15, -0.1) is 0 Å². The van der Waals surface area contributed by atoms with Crippen molar-refractivity contribution in [3.05, 3.63) is 29.8 Å². The van der Waals surface area contributed by atoms with Crippen LogP contribution in [0.25, 0.3) is 0 Å². The Morgan fingerprint density at radius 1 is 1.41 bits per heavy atom. The molecule has 1 aliphatic rings. The van der Waals surface area contributed by atoms with Crippen LogP contribution in [0.4, 0.5) is 5.69 Å². The normalized spacial score (nSPS) is 21.0. The topological polar surface area (TPSA) is 67.4 Å². The van der Waals surface area contributed by atoms with Gasteiger partial charge in [-0.25, -0.2) is 0 Å². The highest BCUT2D eigenvalue weighted by Crippen LogP contribution is 2.38. The number of carbonyl (C=O) groups is 2. The maximum atomic E-state index is 12.2. The van der Waals surface area contributed by atoms with Crippen molar-refractivity contribution in [2.75, 3.05) is 19.0 Å². The molecule has 1 aliphatic carbocycles. The van der Waals surface area contributed by atoms with E-state index in [1.54, 1.807) is 31.4 Å². The van der Waals surface area contributed by atoms with Crippen LogP contribution in [0.15, 0.2) is 24.3 Å². The molecule has 2 amide bonds. The average molecular weight is 304 g/mol. The third kappa shape index (κ3) is 4.31. The van der Waals surface area contributed by atoms with E-state index in [1.807, 2.05) is 6.92 Å². The SMILES string of the molecule is CCC(COC)NC(=O)c1cccc(NC(=O)C2CC2C)c1. The Morgan fingerprint density at radius 2 is 2.14 bits per heavy atom. The van der Waals surface area contributed by atoms with Gasteiger partial charge in [-0.1, -0.05) is 19.9 Å². The number of ether oxygens (including phenoxy) is 1. The number of amides is 2. The van der Waals surface area contributed by atoms with Crippen molar-refractivity contribution in [1.82, 2.24) is 5.32 Å². The van der Waals surface area contributed by atoms with E-state index in [9.17, 15) is 9.59 Å². The molecule has 1 aromatic carbocycles. The van der Waals surface area contributed by atoms with E-state index in [4.69, 9.17) is 4.74 Å². The van der Waals surface area contributed by atoms with Gasteiger partial charge in [-0.2, -0.15) is 0 Å². The van der Waals surface area contributed by atoms with Gasteiger partial charge in [0.1, 0.15) is 0 Å². The van der Waals surface area contributed by atoms with E-state index >= 15 is 0 Å². The lowest BCUT2D eigenvalue weighted by Crippen LogP contribution is -2.37. The summed E-state index contributed by atoms with van der Waals surface area (Å²) in [5.74, 6) is 0.463. The van der Waals surface area contributed by atoms with Crippen LogP contribution < -0.4 is 10.6 Å². The summed E-state index contributed by atoms with van der Waals surface area (Å²) < 4.78 is 5.08. The molecule has 0 saturated heterocycles. The lowest BCUT2D eigenvalue weighted by atomic mass is 10.1. The Labute approximate surface area is 131 Å². The number of benzene rings is 1. The Kier molecular flexibility index (Phi) is 5.55. The third-order valence-electron chi connectivity index (χ3n) is 4.03. The molecule has 0 heterocycles. The van der Waals surface area contributed by atoms with Crippen LogP contribution >= 0.6 is 0 Å². The second kappa shape index (κ2) is 7.40. The fourth-order valence-electron chi connectivity index (χ4n) is 2.39. The molecule has 0 spiro atoms. The summed E-state index contributed by atoms with van der Waals surface area (Å²) >= 11 is 0. The van der Waals surface area contributed by atoms with E-state index in [0.717, 1.165) is 12.8 Å². The van der Waals surface area contributed by atoms with Gasteiger partial charge in [0.15, 0.2) is 0 Å². The second-order valence-corrected chi connectivity index (χ2v) is 5.92. The molecule has 0 aliphatic heterocycles. The highest BCUT2D eigenvalue weighted by atomic mass is 16.5. The van der Waals surface area contributed by atoms with Crippen molar-refractivity contribution >= 4 is 17.5 Å². The number of hydrogen-bond acceptors (Lipinski definition) is 3. The molecule has 2 N–H and O–H groups in total. The minimum Gasteiger partial charge on any atom is -0.383 e. The summed E-state index contributed by atoms with van der Waals surface area (Å²) in [4.78, 5) is 24.2. The van der Waals surface area contributed by atoms with Crippen molar-refractivity contribution < 1.29 is 14.3 Å². The third-order valence-corrected chi connectivity index (χ3v) is 4.03. The monoisotopic (exact) mass is 304 g/mol. The van der Waals surface area contributed by atoms with E-state index in [1.165, 1.54) is 0 Å². The second-order valence-electron chi connectivity index (χ2n) is 5.92. The molecule has 22 heavy (non-hydrogen) atoms. The predicted octanol–water partition coefficient (Wildman–Crippen LogP) is 2.44. The quantitative estimate of drug-likeness (QED) is 0.813. The molecule has 5 heteroatoms. The first-order valence-electron chi connectivity index (χ1n) is 7.75. The van der Waals surface area contributed by atoms with Crippen LogP contribution in [-0.4, -0.2) is 31.6 Å². The largest absolute Gasteiger partial charge is 0.383 e. The van der Waals surface area contributed by atoms with Crippen molar-refractivity contribution in [3.63, 3.8) is 0 Å². The van der Waals surface area contributed by atoms with Gasteiger partial charge < -0.3 is 15.4 Å². The van der Waals surface area contributed by atoms with Crippen molar-refractivity contribution in [2.24, 2.45) is 11.8 Å². The maximum Gasteiger partial charge on any atom is 0.251 e. The van der Waals surface area contributed by atoms with Gasteiger partial charge in [-0.05, 0) is 37.0 Å². The fraction of sp³-hybridized carbons (Fsp3) is 0.529. The Morgan fingerprint density at radius 3 is 2.73 bits per heavy atom. The van der Waals surface area contributed by atoms with Crippen molar-refractivity contribution in [3.8, 4) is 0 Å². The van der Waals surface area contributed by atoms with Gasteiger partial charge in [0.25, 0.3) is 5.91 Å². The highest BCUT2D eigenvalue weighted by molar-refractivity contribution is 5.98. The fourth-order valence-corrected chi connectivity index (χ4v) is 2.39. The van der Waals surface area contributed by atoms with Crippen LogP contribution in [0.2, 0.25) is 0 Å². The summed E-state index contributed by atoms with van der Waals surface area (Å²) in [6.07, 6.45) is 1.75. The van der Waals surface area contributed by atoms with Crippen LogP contribution in [-0.2, 0) is 9.53 Å². The molecular weight excluding hydrogens is 280 g/mol. The summed E-state index contributed by atoms with van der Waals surface area (Å²) in [5, 5.41) is 5.81. The van der Waals surface area contributed by atoms with E-state index in [0.29, 0.717) is 23.8 Å². The first-order valence-corrected chi connectivity index (χ1v) is 7.75. The number of carbonyl (C=O) groups excluding carboxylic acids is 2. The van der Waals surface area contributed by atoms with Crippen molar-refractivity contribution in [2.45, 2.75) is 32.7 Å². The summed E-state index contributed by atoms with van der Waals surface area (Å²) in [7, 11) is 1.61. The zero-order valence-electron chi connectivity index (χ0n) is 13.4. The zero-order valence-corrected chi connectivity index (χ0v) is 13.4. The molecule has 0 radical (unpaired) electrons. The van der Waals surface area contributed by atoms with E-state index in [2.05, 4.69) is 17.6 Å². The Bertz CT molecular complexity index is 544. The Hall–Kier alpha value is -1.88. The maximum absolute atomic E-state index is 12.2. The molecule has 120 valence electrons. The molecule has 2 rings (SSSR count). The number of rotatable bonds is 7. The number of anilines is 1. The molecule has 1 saturated carbocycles. The predicted molar refractivity (Wildman–Crippen MR) is 85.8 cm³/mol. The lowest BCUT2D eigenvalue weighted by Gasteiger charge is -2.16. The molecule has 1 aromatic rings. The minimum absolute atomic E-state index is 0.0111. The standard InChI is InChI=1S/C17H24N2O3/c1-4-13(10-22-3)18-16(20)12-6-5-7-14(9-12)19-17(21)15-8-11(15)2/h5-7,9,11,13,15H,4,8,10H2,1-3H3,(H,18,20)(H,19,21). The van der Waals surface area contributed by atoms with Crippen LogP contribution in [0.5, 0.6) is 0 Å². The van der Waals surface area contributed by atoms with Crippen LogP contribution in [0.3, 0.4) is 0 Å². The smallest absolute Gasteiger partial charge is 0.251 e. The summed E-state index contributed by atoms with van der Waals surface area (Å²) in [5.41, 5.74) is 1.20. The minimum atomic E-state index is -0.153. The molecule has 1 fully saturated rings. The van der Waals surface area contributed by atoms with Gasteiger partial charge in [0.05, 0.1) is 12.6 Å². The first kappa shape index (κ1) is 16.5. The molecule has 0 aromatic heterocycles. The zero-order chi connectivity index (χ0) is 16.1. The number of hydrogen-bond donors (Lipinski definition) is 2. The van der Waals surface area contributed by atoms with Gasteiger partial charge in [-0.3, -0.25) is 9.59 Å². The summed E-state index contributed by atoms with van der Waals surface area (Å²) in [6, 6.07) is 7.01. The highest BCUT2D eigenvalue weighted by Gasteiger charge is 2.39. The molecule has 3 unspecified atom stereocenters.